The van der Waals surface area contributed by atoms with Gasteiger partial charge in [-0.3, -0.25) is 14.4 Å². The maximum absolute atomic E-state index is 12.7. The summed E-state index contributed by atoms with van der Waals surface area (Å²) >= 11 is 0. The van der Waals surface area contributed by atoms with E-state index in [1.165, 1.54) is 13.2 Å². The topological polar surface area (TPSA) is 110 Å². The van der Waals surface area contributed by atoms with Gasteiger partial charge in [0.05, 0.1) is 12.7 Å². The molecule has 0 radical (unpaired) electrons. The van der Waals surface area contributed by atoms with E-state index in [4.69, 9.17) is 9.47 Å². The maximum atomic E-state index is 12.7. The van der Waals surface area contributed by atoms with Crippen LogP contribution in [-0.4, -0.2) is 37.1 Å². The molecule has 30 heavy (non-hydrogen) atoms. The SMILES string of the molecule is CCNC(=O)COc1ccc(CNC(=O)c2cc(=O)[nH]c3ccccc23)cc1OC. The molecule has 0 aliphatic rings. The number of methoxy groups -OCH3 is 1. The number of nitrogens with one attached hydrogen (secondary N) is 3. The van der Waals surface area contributed by atoms with Crippen LogP contribution in [0.1, 0.15) is 22.8 Å². The highest BCUT2D eigenvalue weighted by atomic mass is 16.5. The maximum Gasteiger partial charge on any atom is 0.257 e. The number of rotatable bonds is 8. The summed E-state index contributed by atoms with van der Waals surface area (Å²) in [4.78, 5) is 38.8. The lowest BCUT2D eigenvalue weighted by atomic mass is 10.1. The van der Waals surface area contributed by atoms with E-state index in [1.807, 2.05) is 13.0 Å². The van der Waals surface area contributed by atoms with Crippen LogP contribution in [0.3, 0.4) is 0 Å². The third-order valence-corrected chi connectivity index (χ3v) is 4.41. The molecule has 3 rings (SSSR count). The molecule has 1 heterocycles. The van der Waals surface area contributed by atoms with Crippen molar-refractivity contribution in [3.8, 4) is 11.5 Å². The average Bonchev–Trinajstić information content (AvgIpc) is 2.75. The minimum Gasteiger partial charge on any atom is -0.493 e. The van der Waals surface area contributed by atoms with Gasteiger partial charge in [0, 0.05) is 30.1 Å². The van der Waals surface area contributed by atoms with Crippen molar-refractivity contribution in [2.24, 2.45) is 0 Å². The Labute approximate surface area is 173 Å². The molecular weight excluding hydrogens is 386 g/mol. The summed E-state index contributed by atoms with van der Waals surface area (Å²) in [6, 6.07) is 13.6. The van der Waals surface area contributed by atoms with Crippen molar-refractivity contribution in [3.05, 3.63) is 70.0 Å². The van der Waals surface area contributed by atoms with E-state index in [0.717, 1.165) is 5.56 Å². The molecule has 156 valence electrons. The molecule has 0 saturated carbocycles. The second-order valence-corrected chi connectivity index (χ2v) is 6.50. The van der Waals surface area contributed by atoms with Crippen LogP contribution in [0, 0.1) is 0 Å². The van der Waals surface area contributed by atoms with E-state index < -0.39 is 0 Å². The van der Waals surface area contributed by atoms with Gasteiger partial charge < -0.3 is 25.1 Å². The Bertz CT molecular complexity index is 1120. The molecule has 0 saturated heterocycles. The van der Waals surface area contributed by atoms with Crippen molar-refractivity contribution >= 4 is 22.7 Å². The minimum absolute atomic E-state index is 0.115. The van der Waals surface area contributed by atoms with Crippen molar-refractivity contribution in [2.75, 3.05) is 20.3 Å². The summed E-state index contributed by atoms with van der Waals surface area (Å²) in [5, 5.41) is 6.14. The van der Waals surface area contributed by atoms with Crippen molar-refractivity contribution in [2.45, 2.75) is 13.5 Å². The normalized spacial score (nSPS) is 10.5. The minimum atomic E-state index is -0.354. The Hall–Kier alpha value is -3.81. The summed E-state index contributed by atoms with van der Waals surface area (Å²) in [6.45, 7) is 2.47. The molecule has 0 unspecified atom stereocenters. The van der Waals surface area contributed by atoms with Gasteiger partial charge in [0.1, 0.15) is 0 Å². The predicted octanol–water partition coefficient (Wildman–Crippen LogP) is 1.98. The molecule has 3 N–H and O–H groups in total. The lowest BCUT2D eigenvalue weighted by Gasteiger charge is -2.13. The number of ether oxygens (including phenoxy) is 2. The van der Waals surface area contributed by atoms with E-state index in [0.29, 0.717) is 34.5 Å². The van der Waals surface area contributed by atoms with Gasteiger partial charge in [0.2, 0.25) is 5.56 Å². The lowest BCUT2D eigenvalue weighted by Crippen LogP contribution is -2.28. The highest BCUT2D eigenvalue weighted by Crippen LogP contribution is 2.28. The number of likely N-dealkylation sites (N-methyl/N-ethyl adjacent to an activating group) is 1. The van der Waals surface area contributed by atoms with Crippen LogP contribution in [0.4, 0.5) is 0 Å². The molecule has 0 aliphatic heterocycles. The van der Waals surface area contributed by atoms with Crippen LogP contribution in [0.2, 0.25) is 0 Å². The van der Waals surface area contributed by atoms with Crippen LogP contribution in [-0.2, 0) is 11.3 Å². The van der Waals surface area contributed by atoms with E-state index in [2.05, 4.69) is 15.6 Å². The molecule has 0 fully saturated rings. The van der Waals surface area contributed by atoms with Crippen LogP contribution in [0.5, 0.6) is 11.5 Å². The molecule has 3 aromatic rings. The van der Waals surface area contributed by atoms with Crippen LogP contribution >= 0.6 is 0 Å². The molecule has 1 aromatic heterocycles. The Morgan fingerprint density at radius 2 is 1.83 bits per heavy atom. The zero-order chi connectivity index (χ0) is 21.5. The van der Waals surface area contributed by atoms with Gasteiger partial charge in [0.15, 0.2) is 18.1 Å². The number of H-pyrrole nitrogens is 1. The van der Waals surface area contributed by atoms with Crippen molar-refractivity contribution < 1.29 is 19.1 Å². The summed E-state index contributed by atoms with van der Waals surface area (Å²) in [5.74, 6) is 0.306. The molecule has 0 aliphatic carbocycles. The van der Waals surface area contributed by atoms with Crippen LogP contribution < -0.4 is 25.7 Å². The number of hydrogen-bond donors (Lipinski definition) is 3. The van der Waals surface area contributed by atoms with Gasteiger partial charge in [0.25, 0.3) is 11.8 Å². The predicted molar refractivity (Wildman–Crippen MR) is 113 cm³/mol. The number of aromatic amines is 1. The van der Waals surface area contributed by atoms with Crippen molar-refractivity contribution in [3.63, 3.8) is 0 Å². The molecule has 0 bridgehead atoms. The third-order valence-electron chi connectivity index (χ3n) is 4.41. The number of fused-ring (bicyclic) bond motifs is 1. The quantitative estimate of drug-likeness (QED) is 0.527. The highest BCUT2D eigenvalue weighted by Gasteiger charge is 2.13. The highest BCUT2D eigenvalue weighted by molar-refractivity contribution is 6.05. The number of hydrogen-bond acceptors (Lipinski definition) is 5. The van der Waals surface area contributed by atoms with Gasteiger partial charge in [-0.05, 0) is 30.7 Å². The van der Waals surface area contributed by atoms with E-state index in [1.54, 1.807) is 36.4 Å². The fourth-order valence-electron chi connectivity index (χ4n) is 3.00. The first kappa shape index (κ1) is 20.9. The van der Waals surface area contributed by atoms with Gasteiger partial charge in [-0.2, -0.15) is 0 Å². The number of benzene rings is 2. The second-order valence-electron chi connectivity index (χ2n) is 6.50. The fourth-order valence-corrected chi connectivity index (χ4v) is 3.00. The fraction of sp³-hybridized carbons (Fsp3) is 0.227. The van der Waals surface area contributed by atoms with Gasteiger partial charge in [-0.25, -0.2) is 0 Å². The summed E-state index contributed by atoms with van der Waals surface area (Å²) < 4.78 is 10.8. The van der Waals surface area contributed by atoms with Crippen molar-refractivity contribution in [1.82, 2.24) is 15.6 Å². The third kappa shape index (κ3) is 4.96. The lowest BCUT2D eigenvalue weighted by molar-refractivity contribution is -0.123. The molecule has 2 aromatic carbocycles. The zero-order valence-corrected chi connectivity index (χ0v) is 16.8. The van der Waals surface area contributed by atoms with Crippen LogP contribution in [0.25, 0.3) is 10.9 Å². The zero-order valence-electron chi connectivity index (χ0n) is 16.8. The van der Waals surface area contributed by atoms with E-state index in [9.17, 15) is 14.4 Å². The molecule has 0 spiro atoms. The Morgan fingerprint density at radius 3 is 2.60 bits per heavy atom. The van der Waals surface area contributed by atoms with Gasteiger partial charge >= 0.3 is 0 Å². The molecular formula is C22H23N3O5. The number of carbonyl (C=O) groups is 2. The number of amides is 2. The first-order chi connectivity index (χ1) is 14.5. The Morgan fingerprint density at radius 1 is 1.03 bits per heavy atom. The van der Waals surface area contributed by atoms with E-state index in [-0.39, 0.29) is 30.5 Å². The first-order valence-corrected chi connectivity index (χ1v) is 9.48. The summed E-state index contributed by atoms with van der Waals surface area (Å²) in [7, 11) is 1.50. The molecule has 2 amide bonds. The molecule has 8 heteroatoms. The number of carbonyl (C=O) groups excluding carboxylic acids is 2. The average molecular weight is 409 g/mol. The van der Waals surface area contributed by atoms with Gasteiger partial charge in [-0.1, -0.05) is 24.3 Å². The number of pyridine rings is 1. The second kappa shape index (κ2) is 9.60. The summed E-state index contributed by atoms with van der Waals surface area (Å²) in [6.07, 6.45) is 0. The smallest absolute Gasteiger partial charge is 0.257 e. The van der Waals surface area contributed by atoms with E-state index >= 15 is 0 Å². The molecule has 0 atom stereocenters. The Kier molecular flexibility index (Phi) is 6.69. The number of aromatic nitrogens is 1. The molecule has 8 nitrogen and oxygen atoms in total. The summed E-state index contributed by atoms with van der Waals surface area (Å²) in [5.41, 5.74) is 1.35. The monoisotopic (exact) mass is 409 g/mol. The first-order valence-electron chi connectivity index (χ1n) is 9.48. The van der Waals surface area contributed by atoms with Crippen LogP contribution in [0.15, 0.2) is 53.3 Å². The largest absolute Gasteiger partial charge is 0.493 e. The Balaban J connectivity index is 1.71. The standard InChI is InChI=1S/C22H23N3O5/c1-3-23-21(27)13-30-18-9-8-14(10-19(18)29-2)12-24-22(28)16-11-20(26)25-17-7-5-4-6-15(16)17/h4-11H,3,12-13H2,1-2H3,(H,23,27)(H,24,28)(H,25,26). The van der Waals surface area contributed by atoms with Crippen molar-refractivity contribution in [1.29, 1.82) is 0 Å². The number of para-hydroxylation sites is 1. The van der Waals surface area contributed by atoms with Gasteiger partial charge in [-0.15, -0.1) is 0 Å².